The minimum absolute atomic E-state index is 0. The van der Waals surface area contributed by atoms with Crippen LogP contribution in [0.25, 0.3) is 0 Å². The lowest BCUT2D eigenvalue weighted by atomic mass is 10.0. The molecule has 10 heteroatoms. The first-order valence-electron chi connectivity index (χ1n) is 7.23. The molecule has 1 amide bonds. The highest BCUT2D eigenvalue weighted by atomic mass is 35.5. The first kappa shape index (κ1) is 18.6. The molecule has 0 radical (unpaired) electrons. The number of nitrogens with zero attached hydrogens (tertiary/aromatic N) is 1. The van der Waals surface area contributed by atoms with Crippen molar-refractivity contribution in [3.05, 3.63) is 17.0 Å². The summed E-state index contributed by atoms with van der Waals surface area (Å²) in [5.41, 5.74) is 0.407. The third-order valence-electron chi connectivity index (χ3n) is 3.82. The molecular weight excluding hydrogens is 362 g/mol. The number of morpholine rings is 1. The Kier molecular flexibility index (Phi) is 6.40. The van der Waals surface area contributed by atoms with Gasteiger partial charge in [0.05, 0.1) is 18.8 Å². The van der Waals surface area contributed by atoms with Crippen LogP contribution in [0.2, 0.25) is 0 Å². The lowest BCUT2D eigenvalue weighted by Crippen LogP contribution is -2.48. The summed E-state index contributed by atoms with van der Waals surface area (Å²) >= 11 is 1.09. The van der Waals surface area contributed by atoms with Gasteiger partial charge in [0, 0.05) is 44.0 Å². The summed E-state index contributed by atoms with van der Waals surface area (Å²) in [6.45, 7) is 3.99. The van der Waals surface area contributed by atoms with E-state index in [1.165, 1.54) is 10.4 Å². The van der Waals surface area contributed by atoms with Crippen LogP contribution < -0.4 is 10.6 Å². The lowest BCUT2D eigenvalue weighted by Gasteiger charge is -2.27. The predicted molar refractivity (Wildman–Crippen MR) is 89.8 cm³/mol. The van der Waals surface area contributed by atoms with Gasteiger partial charge in [-0.2, -0.15) is 4.31 Å². The molecule has 1 aromatic heterocycles. The summed E-state index contributed by atoms with van der Waals surface area (Å²) < 4.78 is 31.8. The van der Waals surface area contributed by atoms with Gasteiger partial charge in [0.2, 0.25) is 0 Å². The van der Waals surface area contributed by atoms with Crippen molar-refractivity contribution >= 4 is 39.7 Å². The maximum absolute atomic E-state index is 12.5. The fourth-order valence-electron chi connectivity index (χ4n) is 2.32. The van der Waals surface area contributed by atoms with Gasteiger partial charge in [-0.25, -0.2) is 8.42 Å². The van der Waals surface area contributed by atoms with Crippen LogP contribution in [0.3, 0.4) is 0 Å². The van der Waals surface area contributed by atoms with E-state index in [2.05, 4.69) is 10.6 Å². The standard InChI is InChI=1S/C13H19N3O4S2.ClH/c17-13(15-8-10-6-14-7-10)11-5-12(21-9-11)22(18,19)16-1-3-20-4-2-16;/h5,9-10,14H,1-4,6-8H2,(H,15,17);1H. The summed E-state index contributed by atoms with van der Waals surface area (Å²) in [6.07, 6.45) is 0. The Morgan fingerprint density at radius 2 is 2.09 bits per heavy atom. The minimum atomic E-state index is -3.52. The van der Waals surface area contributed by atoms with Crippen molar-refractivity contribution in [1.82, 2.24) is 14.9 Å². The number of sulfonamides is 1. The van der Waals surface area contributed by atoms with Crippen molar-refractivity contribution in [2.75, 3.05) is 45.9 Å². The minimum Gasteiger partial charge on any atom is -0.379 e. The lowest BCUT2D eigenvalue weighted by molar-refractivity contribution is 0.0731. The molecule has 2 aliphatic heterocycles. The van der Waals surface area contributed by atoms with Gasteiger partial charge in [0.1, 0.15) is 4.21 Å². The van der Waals surface area contributed by atoms with Gasteiger partial charge in [-0.05, 0) is 6.07 Å². The summed E-state index contributed by atoms with van der Waals surface area (Å²) in [5, 5.41) is 7.58. The Morgan fingerprint density at radius 3 is 2.70 bits per heavy atom. The number of carbonyl (C=O) groups excluding carboxylic acids is 1. The molecule has 2 fully saturated rings. The fourth-order valence-corrected chi connectivity index (χ4v) is 5.04. The van der Waals surface area contributed by atoms with Gasteiger partial charge in [-0.1, -0.05) is 0 Å². The van der Waals surface area contributed by atoms with Gasteiger partial charge in [0.15, 0.2) is 0 Å². The average molecular weight is 382 g/mol. The molecule has 2 aliphatic rings. The molecule has 0 bridgehead atoms. The molecule has 0 aromatic carbocycles. The fraction of sp³-hybridized carbons (Fsp3) is 0.615. The van der Waals surface area contributed by atoms with E-state index >= 15 is 0 Å². The van der Waals surface area contributed by atoms with Crippen LogP contribution >= 0.6 is 23.7 Å². The molecule has 3 rings (SSSR count). The topological polar surface area (TPSA) is 87.7 Å². The zero-order valence-electron chi connectivity index (χ0n) is 12.5. The highest BCUT2D eigenvalue weighted by Crippen LogP contribution is 2.24. The van der Waals surface area contributed by atoms with E-state index in [1.807, 2.05) is 0 Å². The number of nitrogens with one attached hydrogen (secondary N) is 2. The van der Waals surface area contributed by atoms with Crippen LogP contribution in [0, 0.1) is 5.92 Å². The molecular formula is C13H20ClN3O4S2. The smallest absolute Gasteiger partial charge is 0.252 e. The molecule has 130 valence electrons. The largest absolute Gasteiger partial charge is 0.379 e. The van der Waals surface area contributed by atoms with E-state index in [-0.39, 0.29) is 22.5 Å². The second-order valence-electron chi connectivity index (χ2n) is 5.41. The Labute approximate surface area is 145 Å². The maximum Gasteiger partial charge on any atom is 0.252 e. The summed E-state index contributed by atoms with van der Waals surface area (Å²) in [7, 11) is -3.52. The van der Waals surface area contributed by atoms with Crippen molar-refractivity contribution in [3.8, 4) is 0 Å². The van der Waals surface area contributed by atoms with E-state index in [4.69, 9.17) is 4.74 Å². The number of hydrogen-bond acceptors (Lipinski definition) is 6. The highest BCUT2D eigenvalue weighted by Gasteiger charge is 2.28. The zero-order chi connectivity index (χ0) is 15.6. The number of carbonyl (C=O) groups is 1. The van der Waals surface area contributed by atoms with Gasteiger partial charge in [0.25, 0.3) is 15.9 Å². The SMILES string of the molecule is Cl.O=C(NCC1CNC1)c1csc(S(=O)(=O)N2CCOCC2)c1. The van der Waals surface area contributed by atoms with Crippen molar-refractivity contribution in [3.63, 3.8) is 0 Å². The molecule has 0 unspecified atom stereocenters. The van der Waals surface area contributed by atoms with Crippen molar-refractivity contribution in [2.24, 2.45) is 5.92 Å². The quantitative estimate of drug-likeness (QED) is 0.757. The summed E-state index contributed by atoms with van der Waals surface area (Å²) in [5.74, 6) is 0.255. The summed E-state index contributed by atoms with van der Waals surface area (Å²) in [6, 6.07) is 1.46. The Balaban J connectivity index is 0.00000192. The van der Waals surface area contributed by atoms with E-state index in [1.54, 1.807) is 5.38 Å². The van der Waals surface area contributed by atoms with E-state index < -0.39 is 10.0 Å². The van der Waals surface area contributed by atoms with Gasteiger partial charge >= 0.3 is 0 Å². The second kappa shape index (κ2) is 7.91. The molecule has 0 spiro atoms. The Bertz CT molecular complexity index is 639. The molecule has 0 saturated carbocycles. The van der Waals surface area contributed by atoms with Crippen LogP contribution in [0.5, 0.6) is 0 Å². The first-order valence-corrected chi connectivity index (χ1v) is 9.54. The van der Waals surface area contributed by atoms with Crippen LogP contribution in [-0.2, 0) is 14.8 Å². The predicted octanol–water partition coefficient (Wildman–Crippen LogP) is 0.140. The maximum atomic E-state index is 12.5. The molecule has 2 N–H and O–H groups in total. The van der Waals surface area contributed by atoms with Gasteiger partial charge in [-0.3, -0.25) is 4.79 Å². The van der Waals surface area contributed by atoms with Crippen molar-refractivity contribution < 1.29 is 17.9 Å². The Hall–Kier alpha value is -0.710. The molecule has 3 heterocycles. The van der Waals surface area contributed by atoms with Gasteiger partial charge < -0.3 is 15.4 Å². The second-order valence-corrected chi connectivity index (χ2v) is 8.48. The number of hydrogen-bond donors (Lipinski definition) is 2. The molecule has 1 aromatic rings. The van der Waals surface area contributed by atoms with Crippen LogP contribution in [0.15, 0.2) is 15.7 Å². The average Bonchev–Trinajstić information content (AvgIpc) is 2.97. The third kappa shape index (κ3) is 4.23. The van der Waals surface area contributed by atoms with Crippen LogP contribution in [0.4, 0.5) is 0 Å². The molecule has 7 nitrogen and oxygen atoms in total. The van der Waals surface area contributed by atoms with E-state index in [0.29, 0.717) is 44.3 Å². The summed E-state index contributed by atoms with van der Waals surface area (Å²) in [4.78, 5) is 12.1. The highest BCUT2D eigenvalue weighted by molar-refractivity contribution is 7.91. The third-order valence-corrected chi connectivity index (χ3v) is 7.13. The number of halogens is 1. The first-order chi connectivity index (χ1) is 10.6. The van der Waals surface area contributed by atoms with Crippen LogP contribution in [0.1, 0.15) is 10.4 Å². The van der Waals surface area contributed by atoms with E-state index in [0.717, 1.165) is 24.4 Å². The number of thiophene rings is 1. The molecule has 0 aliphatic carbocycles. The number of amides is 1. The number of rotatable bonds is 5. The van der Waals surface area contributed by atoms with Crippen molar-refractivity contribution in [2.45, 2.75) is 4.21 Å². The normalized spacial score (nSPS) is 19.7. The molecule has 2 saturated heterocycles. The Morgan fingerprint density at radius 1 is 1.39 bits per heavy atom. The van der Waals surface area contributed by atoms with Gasteiger partial charge in [-0.15, -0.1) is 23.7 Å². The molecule has 0 atom stereocenters. The monoisotopic (exact) mass is 381 g/mol. The van der Waals surface area contributed by atoms with Crippen molar-refractivity contribution in [1.29, 1.82) is 0 Å². The van der Waals surface area contributed by atoms with E-state index in [9.17, 15) is 13.2 Å². The number of ether oxygens (including phenoxy) is 1. The molecule has 23 heavy (non-hydrogen) atoms. The zero-order valence-corrected chi connectivity index (χ0v) is 14.9. The van der Waals surface area contributed by atoms with Crippen LogP contribution in [-0.4, -0.2) is 64.6 Å².